The molecule has 1 atom stereocenters. The van der Waals surface area contributed by atoms with E-state index in [1.165, 1.54) is 4.90 Å². The lowest BCUT2D eigenvalue weighted by molar-refractivity contribution is -0.140. The molecule has 5 heteroatoms. The van der Waals surface area contributed by atoms with Gasteiger partial charge in [-0.15, -0.1) is 0 Å². The van der Waals surface area contributed by atoms with Crippen LogP contribution in [0.3, 0.4) is 0 Å². The van der Waals surface area contributed by atoms with Gasteiger partial charge in [0.25, 0.3) is 0 Å². The third-order valence-corrected chi connectivity index (χ3v) is 3.41. The maximum absolute atomic E-state index is 12.0. The number of carbonyl (C=O) groups is 2. The molecule has 1 aromatic heterocycles. The zero-order valence-corrected chi connectivity index (χ0v) is 11.4. The summed E-state index contributed by atoms with van der Waals surface area (Å²) in [6.45, 7) is 0. The van der Waals surface area contributed by atoms with Crippen LogP contribution in [0.25, 0.3) is 0 Å². The zero-order chi connectivity index (χ0) is 14.7. The Morgan fingerprint density at radius 2 is 1.62 bits per heavy atom. The average Bonchev–Trinajstić information content (AvgIpc) is 2.86. The number of aromatic nitrogens is 1. The number of hydrogen-bond donors (Lipinski definition) is 1. The van der Waals surface area contributed by atoms with Crippen molar-refractivity contribution in [1.29, 1.82) is 0 Å². The predicted molar refractivity (Wildman–Crippen MR) is 78.1 cm³/mol. The second kappa shape index (κ2) is 5.75. The molecule has 1 unspecified atom stereocenters. The molecule has 5 nitrogen and oxygen atoms in total. The van der Waals surface area contributed by atoms with E-state index < -0.39 is 6.17 Å². The topological polar surface area (TPSA) is 62.3 Å². The van der Waals surface area contributed by atoms with E-state index in [0.717, 1.165) is 5.56 Å². The first kappa shape index (κ1) is 13.3. The zero-order valence-electron chi connectivity index (χ0n) is 11.4. The van der Waals surface area contributed by atoms with Gasteiger partial charge in [0.15, 0.2) is 0 Å². The van der Waals surface area contributed by atoms with Crippen LogP contribution in [0.5, 0.6) is 0 Å². The van der Waals surface area contributed by atoms with E-state index >= 15 is 0 Å². The molecule has 106 valence electrons. The molecule has 1 aliphatic rings. The number of nitrogens with zero attached hydrogens (tertiary/aromatic N) is 2. The Hall–Kier alpha value is -2.69. The minimum atomic E-state index is -0.524. The van der Waals surface area contributed by atoms with Gasteiger partial charge in [0.05, 0.1) is 0 Å². The highest BCUT2D eigenvalue weighted by atomic mass is 16.2. The Kier molecular flexibility index (Phi) is 3.64. The fourth-order valence-corrected chi connectivity index (χ4v) is 2.40. The average molecular weight is 281 g/mol. The highest BCUT2D eigenvalue weighted by Crippen LogP contribution is 2.27. The van der Waals surface area contributed by atoms with Gasteiger partial charge in [-0.05, 0) is 17.7 Å². The van der Waals surface area contributed by atoms with Gasteiger partial charge in [0.2, 0.25) is 11.8 Å². The summed E-state index contributed by atoms with van der Waals surface area (Å²) in [5, 5.41) is 3.17. The molecule has 1 saturated heterocycles. The molecule has 1 N–H and O–H groups in total. The Morgan fingerprint density at radius 3 is 2.24 bits per heavy atom. The number of carbonyl (C=O) groups excluding carboxylic acids is 2. The largest absolute Gasteiger partial charge is 0.346 e. The van der Waals surface area contributed by atoms with Crippen molar-refractivity contribution >= 4 is 17.6 Å². The summed E-state index contributed by atoms with van der Waals surface area (Å²) in [6.07, 6.45) is 1.68. The minimum Gasteiger partial charge on any atom is -0.346 e. The molecular weight excluding hydrogens is 266 g/mol. The van der Waals surface area contributed by atoms with E-state index in [1.54, 1.807) is 12.3 Å². The van der Waals surface area contributed by atoms with Crippen molar-refractivity contribution in [3.63, 3.8) is 0 Å². The Bertz CT molecular complexity index is 627. The molecule has 0 aliphatic carbocycles. The molecule has 2 aromatic rings. The second-order valence-electron chi connectivity index (χ2n) is 4.83. The van der Waals surface area contributed by atoms with Gasteiger partial charge in [-0.1, -0.05) is 36.4 Å². The first-order valence-corrected chi connectivity index (χ1v) is 6.83. The van der Waals surface area contributed by atoms with Crippen molar-refractivity contribution in [1.82, 2.24) is 9.88 Å². The number of rotatable bonds is 4. The number of benzene rings is 1. The van der Waals surface area contributed by atoms with Crippen LogP contribution in [-0.2, 0) is 9.59 Å². The van der Waals surface area contributed by atoms with Gasteiger partial charge in [-0.3, -0.25) is 14.5 Å². The Labute approximate surface area is 122 Å². The fraction of sp³-hybridized carbons (Fsp3) is 0.188. The first-order valence-electron chi connectivity index (χ1n) is 6.83. The van der Waals surface area contributed by atoms with E-state index in [2.05, 4.69) is 10.3 Å². The summed E-state index contributed by atoms with van der Waals surface area (Å²) in [7, 11) is 0. The predicted octanol–water partition coefficient (Wildman–Crippen LogP) is 2.34. The summed E-state index contributed by atoms with van der Waals surface area (Å²) in [6, 6.07) is 14.9. The van der Waals surface area contributed by atoms with Crippen LogP contribution in [0.4, 0.5) is 5.82 Å². The van der Waals surface area contributed by atoms with Crippen molar-refractivity contribution in [2.24, 2.45) is 0 Å². The molecule has 1 aromatic carbocycles. The second-order valence-corrected chi connectivity index (χ2v) is 4.83. The van der Waals surface area contributed by atoms with Crippen molar-refractivity contribution in [3.05, 3.63) is 60.3 Å². The number of likely N-dealkylation sites (tertiary alicyclic amines) is 1. The highest BCUT2D eigenvalue weighted by Gasteiger charge is 2.35. The van der Waals surface area contributed by atoms with Crippen molar-refractivity contribution < 1.29 is 9.59 Å². The number of anilines is 1. The highest BCUT2D eigenvalue weighted by molar-refractivity contribution is 6.02. The van der Waals surface area contributed by atoms with Gasteiger partial charge >= 0.3 is 0 Å². The molecule has 3 rings (SSSR count). The number of nitrogens with one attached hydrogen (secondary N) is 1. The van der Waals surface area contributed by atoms with E-state index in [9.17, 15) is 9.59 Å². The molecule has 0 bridgehead atoms. The van der Waals surface area contributed by atoms with Crippen molar-refractivity contribution in [2.45, 2.75) is 19.0 Å². The Balaban J connectivity index is 1.95. The standard InChI is InChI=1S/C16H15N3O2/c20-14-9-10-15(21)19(14)16(12-6-2-1-3-7-12)18-13-8-4-5-11-17-13/h1-8,11,16H,9-10H2,(H,17,18). The van der Waals surface area contributed by atoms with Crippen LogP contribution in [0.15, 0.2) is 54.7 Å². The van der Waals surface area contributed by atoms with Crippen LogP contribution in [0, 0.1) is 0 Å². The van der Waals surface area contributed by atoms with Crippen LogP contribution >= 0.6 is 0 Å². The van der Waals surface area contributed by atoms with Crippen LogP contribution < -0.4 is 5.32 Å². The molecule has 2 heterocycles. The fourth-order valence-electron chi connectivity index (χ4n) is 2.40. The SMILES string of the molecule is O=C1CCC(=O)N1C(Nc1ccccn1)c1ccccc1. The van der Waals surface area contributed by atoms with Crippen molar-refractivity contribution in [2.75, 3.05) is 5.32 Å². The van der Waals surface area contributed by atoms with Gasteiger partial charge in [-0.2, -0.15) is 0 Å². The van der Waals surface area contributed by atoms with Crippen molar-refractivity contribution in [3.8, 4) is 0 Å². The van der Waals surface area contributed by atoms with Gasteiger partial charge in [0.1, 0.15) is 12.0 Å². The third kappa shape index (κ3) is 2.76. The van der Waals surface area contributed by atoms with E-state index in [4.69, 9.17) is 0 Å². The number of pyridine rings is 1. The first-order chi connectivity index (χ1) is 10.3. The Morgan fingerprint density at radius 1 is 0.952 bits per heavy atom. The number of hydrogen-bond acceptors (Lipinski definition) is 4. The van der Waals surface area contributed by atoms with Crippen LogP contribution in [-0.4, -0.2) is 21.7 Å². The van der Waals surface area contributed by atoms with E-state index in [1.807, 2.05) is 42.5 Å². The quantitative estimate of drug-likeness (QED) is 0.874. The lowest BCUT2D eigenvalue weighted by Gasteiger charge is -2.27. The van der Waals surface area contributed by atoms with E-state index in [-0.39, 0.29) is 24.7 Å². The lowest BCUT2D eigenvalue weighted by Crippen LogP contribution is -2.37. The third-order valence-electron chi connectivity index (χ3n) is 3.41. The van der Waals surface area contributed by atoms with Gasteiger partial charge in [-0.25, -0.2) is 4.98 Å². The normalized spacial score (nSPS) is 16.1. The molecule has 1 aliphatic heterocycles. The number of amides is 2. The molecule has 0 spiro atoms. The summed E-state index contributed by atoms with van der Waals surface area (Å²) < 4.78 is 0. The smallest absolute Gasteiger partial charge is 0.231 e. The summed E-state index contributed by atoms with van der Waals surface area (Å²) in [4.78, 5) is 29.6. The summed E-state index contributed by atoms with van der Waals surface area (Å²) in [5.41, 5.74) is 0.853. The summed E-state index contributed by atoms with van der Waals surface area (Å²) >= 11 is 0. The lowest BCUT2D eigenvalue weighted by atomic mass is 10.1. The number of imide groups is 1. The van der Waals surface area contributed by atoms with Gasteiger partial charge < -0.3 is 5.32 Å². The van der Waals surface area contributed by atoms with Gasteiger partial charge in [0, 0.05) is 19.0 Å². The minimum absolute atomic E-state index is 0.155. The molecule has 1 fully saturated rings. The molecule has 2 amide bonds. The maximum atomic E-state index is 12.0. The molecular formula is C16H15N3O2. The summed E-state index contributed by atoms with van der Waals surface area (Å²) in [5.74, 6) is 0.313. The monoisotopic (exact) mass is 281 g/mol. The molecule has 0 radical (unpaired) electrons. The molecule has 21 heavy (non-hydrogen) atoms. The van der Waals surface area contributed by atoms with Crippen LogP contribution in [0.1, 0.15) is 24.6 Å². The van der Waals surface area contributed by atoms with Crippen LogP contribution in [0.2, 0.25) is 0 Å². The maximum Gasteiger partial charge on any atom is 0.231 e. The molecule has 0 saturated carbocycles. The van der Waals surface area contributed by atoms with E-state index in [0.29, 0.717) is 5.82 Å².